The molecule has 1 aromatic heterocycles. The number of carbonyl (C=O) groups is 1. The van der Waals surface area contributed by atoms with Crippen molar-refractivity contribution in [1.29, 1.82) is 0 Å². The summed E-state index contributed by atoms with van der Waals surface area (Å²) >= 11 is 0. The molecule has 0 aliphatic carbocycles. The minimum Gasteiger partial charge on any atom is -0.396 e. The van der Waals surface area contributed by atoms with Gasteiger partial charge in [0.25, 0.3) is 5.56 Å². The van der Waals surface area contributed by atoms with Crippen molar-refractivity contribution in [3.8, 4) is 0 Å². The molecule has 0 aliphatic heterocycles. The monoisotopic (exact) mass is 330 g/mol. The van der Waals surface area contributed by atoms with E-state index < -0.39 is 0 Å². The van der Waals surface area contributed by atoms with E-state index in [0.29, 0.717) is 24.9 Å². The predicted molar refractivity (Wildman–Crippen MR) is 96.0 cm³/mol. The third kappa shape index (κ3) is 5.20. The second-order valence-corrected chi connectivity index (χ2v) is 6.99. The standard InChI is InChI=1S/C19H26N2O3/c1-19(2,13-22)10-5-11-20-17(23)9-8-15-12-14-6-3-4-7-16(14)21-18(15)24/h3-4,6-7,12,22H,5,8-11,13H2,1-2H3,(H,20,23)(H,21,24). The van der Waals surface area contributed by atoms with Crippen molar-refractivity contribution in [3.63, 3.8) is 0 Å². The van der Waals surface area contributed by atoms with Crippen LogP contribution in [-0.4, -0.2) is 29.1 Å². The van der Waals surface area contributed by atoms with Crippen molar-refractivity contribution < 1.29 is 9.90 Å². The maximum Gasteiger partial charge on any atom is 0.251 e. The lowest BCUT2D eigenvalue weighted by molar-refractivity contribution is -0.121. The van der Waals surface area contributed by atoms with E-state index in [1.807, 2.05) is 44.2 Å². The minimum atomic E-state index is -0.133. The van der Waals surface area contributed by atoms with Crippen molar-refractivity contribution in [1.82, 2.24) is 10.3 Å². The normalized spacial score (nSPS) is 11.6. The molecule has 0 saturated heterocycles. The van der Waals surface area contributed by atoms with Gasteiger partial charge in [0.1, 0.15) is 0 Å². The number of hydrogen-bond acceptors (Lipinski definition) is 3. The third-order valence-electron chi connectivity index (χ3n) is 4.23. The highest BCUT2D eigenvalue weighted by Gasteiger charge is 2.15. The van der Waals surface area contributed by atoms with Gasteiger partial charge < -0.3 is 15.4 Å². The highest BCUT2D eigenvalue weighted by molar-refractivity contribution is 5.79. The Bertz CT molecular complexity index is 750. The largest absolute Gasteiger partial charge is 0.396 e. The summed E-state index contributed by atoms with van der Waals surface area (Å²) in [6.07, 6.45) is 2.41. The first-order chi connectivity index (χ1) is 11.4. The number of aromatic nitrogens is 1. The average molecular weight is 330 g/mol. The van der Waals surface area contributed by atoms with Gasteiger partial charge in [0.2, 0.25) is 5.91 Å². The Morgan fingerprint density at radius 2 is 2.04 bits per heavy atom. The molecule has 2 rings (SSSR count). The summed E-state index contributed by atoms with van der Waals surface area (Å²) in [5, 5.41) is 13.0. The summed E-state index contributed by atoms with van der Waals surface area (Å²) in [5.41, 5.74) is 1.20. The molecular weight excluding hydrogens is 304 g/mol. The van der Waals surface area contributed by atoms with Crippen molar-refractivity contribution in [2.75, 3.05) is 13.2 Å². The molecule has 0 atom stereocenters. The van der Waals surface area contributed by atoms with Gasteiger partial charge in [0.05, 0.1) is 0 Å². The number of rotatable bonds is 8. The molecule has 0 unspecified atom stereocenters. The Kier molecular flexibility index (Phi) is 6.15. The molecule has 0 aliphatic rings. The van der Waals surface area contributed by atoms with E-state index in [1.165, 1.54) is 0 Å². The molecule has 5 heteroatoms. The number of H-pyrrole nitrogens is 1. The lowest BCUT2D eigenvalue weighted by Crippen LogP contribution is -2.27. The van der Waals surface area contributed by atoms with Crippen LogP contribution < -0.4 is 10.9 Å². The zero-order chi connectivity index (χ0) is 17.6. The second-order valence-electron chi connectivity index (χ2n) is 6.99. The number of fused-ring (bicyclic) bond motifs is 1. The quantitative estimate of drug-likeness (QED) is 0.650. The van der Waals surface area contributed by atoms with Crippen molar-refractivity contribution >= 4 is 16.8 Å². The molecule has 130 valence electrons. The first kappa shape index (κ1) is 18.2. The van der Waals surface area contributed by atoms with Gasteiger partial charge in [-0.15, -0.1) is 0 Å². The number of pyridine rings is 1. The fourth-order valence-corrected chi connectivity index (χ4v) is 2.59. The van der Waals surface area contributed by atoms with E-state index in [1.54, 1.807) is 0 Å². The molecule has 1 heterocycles. The number of nitrogens with one attached hydrogen (secondary N) is 2. The fourth-order valence-electron chi connectivity index (χ4n) is 2.59. The molecule has 3 N–H and O–H groups in total. The Balaban J connectivity index is 1.82. The smallest absolute Gasteiger partial charge is 0.251 e. The molecule has 0 saturated carbocycles. The molecule has 0 spiro atoms. The van der Waals surface area contributed by atoms with Crippen LogP contribution in [0.15, 0.2) is 35.1 Å². The molecule has 1 amide bonds. The summed E-state index contributed by atoms with van der Waals surface area (Å²) in [4.78, 5) is 26.8. The van der Waals surface area contributed by atoms with Crippen LogP contribution in [0.3, 0.4) is 0 Å². The van der Waals surface area contributed by atoms with Crippen LogP contribution in [0.5, 0.6) is 0 Å². The Morgan fingerprint density at radius 3 is 2.79 bits per heavy atom. The number of amides is 1. The molecule has 1 aromatic carbocycles. The number of aliphatic hydroxyl groups is 1. The van der Waals surface area contributed by atoms with E-state index in [4.69, 9.17) is 0 Å². The first-order valence-corrected chi connectivity index (χ1v) is 8.40. The van der Waals surface area contributed by atoms with Gasteiger partial charge in [0.15, 0.2) is 0 Å². The minimum absolute atomic E-state index is 0.0515. The molecule has 0 radical (unpaired) electrons. The molecule has 24 heavy (non-hydrogen) atoms. The highest BCUT2D eigenvalue weighted by Crippen LogP contribution is 2.20. The van der Waals surface area contributed by atoms with Crippen LogP contribution in [-0.2, 0) is 11.2 Å². The Hall–Kier alpha value is -2.14. The summed E-state index contributed by atoms with van der Waals surface area (Å²) in [7, 11) is 0. The molecule has 0 fully saturated rings. The Labute approximate surface area is 142 Å². The number of benzene rings is 1. The van der Waals surface area contributed by atoms with Gasteiger partial charge >= 0.3 is 0 Å². The SMILES string of the molecule is CC(C)(CO)CCCNC(=O)CCc1cc2ccccc2[nH]c1=O. The summed E-state index contributed by atoms with van der Waals surface area (Å²) in [5.74, 6) is -0.0515. The van der Waals surface area contributed by atoms with Crippen LogP contribution in [0, 0.1) is 5.41 Å². The number of aromatic amines is 1. The van der Waals surface area contributed by atoms with Gasteiger partial charge in [-0.3, -0.25) is 9.59 Å². The molecular formula is C19H26N2O3. The van der Waals surface area contributed by atoms with Crippen molar-refractivity contribution in [2.45, 2.75) is 39.5 Å². The van der Waals surface area contributed by atoms with Gasteiger partial charge in [-0.1, -0.05) is 32.0 Å². The summed E-state index contributed by atoms with van der Waals surface area (Å²) < 4.78 is 0. The van der Waals surface area contributed by atoms with Gasteiger partial charge in [0, 0.05) is 30.7 Å². The van der Waals surface area contributed by atoms with Gasteiger partial charge in [-0.25, -0.2) is 0 Å². The molecule has 2 aromatic rings. The van der Waals surface area contributed by atoms with Crippen LogP contribution in [0.4, 0.5) is 0 Å². The van der Waals surface area contributed by atoms with E-state index in [9.17, 15) is 14.7 Å². The second kappa shape index (κ2) is 8.11. The first-order valence-electron chi connectivity index (χ1n) is 8.40. The van der Waals surface area contributed by atoms with E-state index in [-0.39, 0.29) is 23.5 Å². The number of carbonyl (C=O) groups excluding carboxylic acids is 1. The maximum absolute atomic E-state index is 12.0. The lowest BCUT2D eigenvalue weighted by Gasteiger charge is -2.21. The highest BCUT2D eigenvalue weighted by atomic mass is 16.3. The third-order valence-corrected chi connectivity index (χ3v) is 4.23. The zero-order valence-electron chi connectivity index (χ0n) is 14.4. The number of para-hydroxylation sites is 1. The lowest BCUT2D eigenvalue weighted by atomic mass is 9.89. The van der Waals surface area contributed by atoms with Gasteiger partial charge in [-0.2, -0.15) is 0 Å². The Morgan fingerprint density at radius 1 is 1.29 bits per heavy atom. The zero-order valence-corrected chi connectivity index (χ0v) is 14.4. The van der Waals surface area contributed by atoms with Crippen molar-refractivity contribution in [3.05, 3.63) is 46.2 Å². The molecule has 0 bridgehead atoms. The number of aliphatic hydroxyl groups excluding tert-OH is 1. The van der Waals surface area contributed by atoms with Crippen LogP contribution in [0.1, 0.15) is 38.7 Å². The number of aryl methyl sites for hydroxylation is 1. The summed E-state index contributed by atoms with van der Waals surface area (Å²) in [6, 6.07) is 9.46. The van der Waals surface area contributed by atoms with E-state index in [2.05, 4.69) is 10.3 Å². The topological polar surface area (TPSA) is 82.2 Å². The van der Waals surface area contributed by atoms with E-state index in [0.717, 1.165) is 23.7 Å². The van der Waals surface area contributed by atoms with Crippen LogP contribution >= 0.6 is 0 Å². The average Bonchev–Trinajstić information content (AvgIpc) is 2.57. The summed E-state index contributed by atoms with van der Waals surface area (Å²) in [6.45, 7) is 4.74. The molecule has 5 nitrogen and oxygen atoms in total. The maximum atomic E-state index is 12.0. The number of hydrogen-bond donors (Lipinski definition) is 3. The van der Waals surface area contributed by atoms with Gasteiger partial charge in [-0.05, 0) is 42.2 Å². The van der Waals surface area contributed by atoms with E-state index >= 15 is 0 Å². The predicted octanol–water partition coefficient (Wildman–Crippen LogP) is 2.38. The van der Waals surface area contributed by atoms with Crippen molar-refractivity contribution in [2.24, 2.45) is 5.41 Å². The van der Waals surface area contributed by atoms with Crippen LogP contribution in [0.2, 0.25) is 0 Å². The fraction of sp³-hybridized carbons (Fsp3) is 0.474. The van der Waals surface area contributed by atoms with Crippen LogP contribution in [0.25, 0.3) is 10.9 Å².